The number of benzene rings is 2. The maximum absolute atomic E-state index is 13.5. The number of halogens is 1. The fraction of sp³-hybridized carbons (Fsp3) is 0. The third kappa shape index (κ3) is 1.94. The first-order valence-electron chi connectivity index (χ1n) is 5.33. The van der Waals surface area contributed by atoms with Crippen LogP contribution in [-0.2, 0) is 0 Å². The van der Waals surface area contributed by atoms with Crippen molar-refractivity contribution in [2.45, 2.75) is 4.90 Å². The second-order valence-corrected chi connectivity index (χ2v) is 4.77. The molecule has 1 heterocycles. The standard InChI is InChI=1S/C14H10FNS/c15-13-7-4-8-14-12(13)9-10-16(14)17-11-5-2-1-3-6-11/h1-10H. The maximum Gasteiger partial charge on any atom is 0.132 e. The van der Waals surface area contributed by atoms with E-state index < -0.39 is 0 Å². The van der Waals surface area contributed by atoms with Gasteiger partial charge in [0.2, 0.25) is 0 Å². The maximum atomic E-state index is 13.5. The van der Waals surface area contributed by atoms with Crippen molar-refractivity contribution in [1.29, 1.82) is 0 Å². The fourth-order valence-electron chi connectivity index (χ4n) is 1.78. The molecule has 0 atom stereocenters. The van der Waals surface area contributed by atoms with E-state index in [0.717, 1.165) is 10.4 Å². The van der Waals surface area contributed by atoms with Gasteiger partial charge in [-0.05, 0) is 42.3 Å². The van der Waals surface area contributed by atoms with Crippen molar-refractivity contribution in [2.75, 3.05) is 0 Å². The van der Waals surface area contributed by atoms with Crippen molar-refractivity contribution >= 4 is 22.9 Å². The molecule has 3 rings (SSSR count). The lowest BCUT2D eigenvalue weighted by Gasteiger charge is -2.04. The van der Waals surface area contributed by atoms with Crippen LogP contribution in [0.2, 0.25) is 0 Å². The summed E-state index contributed by atoms with van der Waals surface area (Å²) in [7, 11) is 0. The van der Waals surface area contributed by atoms with Crippen molar-refractivity contribution in [2.24, 2.45) is 0 Å². The molecule has 3 heteroatoms. The summed E-state index contributed by atoms with van der Waals surface area (Å²) in [5.74, 6) is -0.171. The first-order chi connectivity index (χ1) is 8.34. The van der Waals surface area contributed by atoms with Gasteiger partial charge in [-0.3, -0.25) is 3.97 Å². The van der Waals surface area contributed by atoms with Crippen LogP contribution in [0.1, 0.15) is 0 Å². The van der Waals surface area contributed by atoms with Gasteiger partial charge >= 0.3 is 0 Å². The van der Waals surface area contributed by atoms with Gasteiger partial charge in [-0.25, -0.2) is 4.39 Å². The Bertz CT molecular complexity index is 646. The Morgan fingerprint density at radius 2 is 1.71 bits per heavy atom. The molecule has 0 bridgehead atoms. The zero-order valence-electron chi connectivity index (χ0n) is 9.01. The highest BCUT2D eigenvalue weighted by Crippen LogP contribution is 2.27. The summed E-state index contributed by atoms with van der Waals surface area (Å²) in [6, 6.07) is 17.0. The Morgan fingerprint density at radius 1 is 0.882 bits per heavy atom. The molecule has 3 aromatic rings. The first-order valence-corrected chi connectivity index (χ1v) is 6.11. The van der Waals surface area contributed by atoms with E-state index in [9.17, 15) is 4.39 Å². The average molecular weight is 243 g/mol. The monoisotopic (exact) mass is 243 g/mol. The Hall–Kier alpha value is -1.74. The Labute approximate surface area is 103 Å². The van der Waals surface area contributed by atoms with Crippen LogP contribution in [0.4, 0.5) is 4.39 Å². The van der Waals surface area contributed by atoms with Gasteiger partial charge in [0.05, 0.1) is 5.52 Å². The predicted molar refractivity (Wildman–Crippen MR) is 69.6 cm³/mol. The van der Waals surface area contributed by atoms with Crippen LogP contribution >= 0.6 is 11.9 Å². The van der Waals surface area contributed by atoms with Crippen molar-refractivity contribution in [1.82, 2.24) is 3.97 Å². The molecule has 0 aliphatic heterocycles. The molecule has 17 heavy (non-hydrogen) atoms. The fourth-order valence-corrected chi connectivity index (χ4v) is 2.67. The summed E-state index contributed by atoms with van der Waals surface area (Å²) in [4.78, 5) is 1.13. The average Bonchev–Trinajstić information content (AvgIpc) is 2.76. The minimum Gasteiger partial charge on any atom is -0.287 e. The number of nitrogens with zero attached hydrogens (tertiary/aromatic N) is 1. The minimum atomic E-state index is -0.171. The van der Waals surface area contributed by atoms with Crippen LogP contribution in [0.25, 0.3) is 10.9 Å². The van der Waals surface area contributed by atoms with E-state index in [1.165, 1.54) is 6.07 Å². The van der Waals surface area contributed by atoms with Gasteiger partial charge in [-0.1, -0.05) is 24.3 Å². The van der Waals surface area contributed by atoms with E-state index in [0.29, 0.717) is 5.39 Å². The summed E-state index contributed by atoms with van der Waals surface area (Å²) >= 11 is 1.58. The van der Waals surface area contributed by atoms with Crippen LogP contribution in [0.5, 0.6) is 0 Å². The zero-order chi connectivity index (χ0) is 11.7. The predicted octanol–water partition coefficient (Wildman–Crippen LogP) is 4.34. The van der Waals surface area contributed by atoms with E-state index in [1.807, 2.05) is 46.6 Å². The molecule has 0 N–H and O–H groups in total. The third-order valence-electron chi connectivity index (χ3n) is 2.59. The summed E-state index contributed by atoms with van der Waals surface area (Å²) < 4.78 is 15.5. The van der Waals surface area contributed by atoms with E-state index in [2.05, 4.69) is 0 Å². The topological polar surface area (TPSA) is 4.93 Å². The molecule has 0 saturated heterocycles. The number of aromatic nitrogens is 1. The van der Waals surface area contributed by atoms with Crippen LogP contribution in [-0.4, -0.2) is 3.97 Å². The van der Waals surface area contributed by atoms with Gasteiger partial charge in [0, 0.05) is 16.5 Å². The van der Waals surface area contributed by atoms with Crippen molar-refractivity contribution < 1.29 is 4.39 Å². The van der Waals surface area contributed by atoms with Gasteiger partial charge in [0.15, 0.2) is 0 Å². The SMILES string of the molecule is Fc1cccc2c1ccn2Sc1ccccc1. The summed E-state index contributed by atoms with van der Waals surface area (Å²) in [6.07, 6.45) is 1.89. The number of hydrogen-bond donors (Lipinski definition) is 0. The molecule has 1 nitrogen and oxygen atoms in total. The largest absolute Gasteiger partial charge is 0.287 e. The van der Waals surface area contributed by atoms with Gasteiger partial charge < -0.3 is 0 Å². The smallest absolute Gasteiger partial charge is 0.132 e. The van der Waals surface area contributed by atoms with Crippen molar-refractivity contribution in [3.63, 3.8) is 0 Å². The van der Waals surface area contributed by atoms with E-state index in [-0.39, 0.29) is 5.82 Å². The molecule has 0 aliphatic carbocycles. The summed E-state index contributed by atoms with van der Waals surface area (Å²) in [6.45, 7) is 0. The van der Waals surface area contributed by atoms with Gasteiger partial charge in [-0.15, -0.1) is 0 Å². The molecule has 0 unspecified atom stereocenters. The molecule has 0 fully saturated rings. The lowest BCUT2D eigenvalue weighted by molar-refractivity contribution is 0.640. The number of fused-ring (bicyclic) bond motifs is 1. The summed E-state index contributed by atoms with van der Waals surface area (Å²) in [5.41, 5.74) is 0.902. The van der Waals surface area contributed by atoms with Crippen molar-refractivity contribution in [3.8, 4) is 0 Å². The Morgan fingerprint density at radius 3 is 2.53 bits per heavy atom. The molecular weight excluding hydrogens is 233 g/mol. The number of hydrogen-bond acceptors (Lipinski definition) is 1. The second-order valence-electron chi connectivity index (χ2n) is 3.72. The molecule has 84 valence electrons. The van der Waals surface area contributed by atoms with Gasteiger partial charge in [0.25, 0.3) is 0 Å². The quantitative estimate of drug-likeness (QED) is 0.648. The van der Waals surface area contributed by atoms with Crippen molar-refractivity contribution in [3.05, 3.63) is 66.6 Å². The summed E-state index contributed by atoms with van der Waals surface area (Å²) in [5, 5.41) is 0.663. The van der Waals surface area contributed by atoms with Crippen LogP contribution in [0.15, 0.2) is 65.7 Å². The van der Waals surface area contributed by atoms with Crippen LogP contribution in [0, 0.1) is 5.82 Å². The van der Waals surface area contributed by atoms with Crippen LogP contribution in [0.3, 0.4) is 0 Å². The number of rotatable bonds is 2. The van der Waals surface area contributed by atoms with Gasteiger partial charge in [-0.2, -0.15) is 0 Å². The lowest BCUT2D eigenvalue weighted by Crippen LogP contribution is -1.84. The third-order valence-corrected chi connectivity index (χ3v) is 3.59. The molecular formula is C14H10FNS. The van der Waals surface area contributed by atoms with E-state index in [4.69, 9.17) is 0 Å². The van der Waals surface area contributed by atoms with Crippen LogP contribution < -0.4 is 0 Å². The van der Waals surface area contributed by atoms with Gasteiger partial charge in [0.1, 0.15) is 5.82 Å². The molecule has 0 radical (unpaired) electrons. The molecule has 0 spiro atoms. The Kier molecular flexibility index (Phi) is 2.61. The molecule has 2 aromatic carbocycles. The molecule has 1 aromatic heterocycles. The minimum absolute atomic E-state index is 0.171. The van der Waals surface area contributed by atoms with E-state index in [1.54, 1.807) is 24.1 Å². The van der Waals surface area contributed by atoms with E-state index >= 15 is 0 Å². The normalized spacial score (nSPS) is 10.9. The second kappa shape index (κ2) is 4.26. The highest BCUT2D eigenvalue weighted by atomic mass is 32.2. The molecule has 0 aliphatic rings. The lowest BCUT2D eigenvalue weighted by atomic mass is 10.2. The highest BCUT2D eigenvalue weighted by Gasteiger charge is 2.05. The Balaban J connectivity index is 2.05. The highest BCUT2D eigenvalue weighted by molar-refractivity contribution is 7.98. The first kappa shape index (κ1) is 10.4. The molecule has 0 amide bonds. The zero-order valence-corrected chi connectivity index (χ0v) is 9.82. The molecule has 0 saturated carbocycles.